The minimum absolute atomic E-state index is 0.114. The van der Waals surface area contributed by atoms with Crippen molar-refractivity contribution in [2.75, 3.05) is 18.0 Å². The van der Waals surface area contributed by atoms with E-state index in [0.29, 0.717) is 5.02 Å². The second-order valence-electron chi connectivity index (χ2n) is 7.38. The third-order valence-corrected chi connectivity index (χ3v) is 5.22. The van der Waals surface area contributed by atoms with E-state index in [9.17, 15) is 4.79 Å². The first-order valence-corrected chi connectivity index (χ1v) is 9.93. The van der Waals surface area contributed by atoms with Gasteiger partial charge in [-0.25, -0.2) is 9.36 Å². The van der Waals surface area contributed by atoms with E-state index < -0.39 is 0 Å². The zero-order valence-electron chi connectivity index (χ0n) is 16.6. The molecule has 1 aliphatic rings. The van der Waals surface area contributed by atoms with Crippen molar-refractivity contribution in [3.63, 3.8) is 0 Å². The van der Waals surface area contributed by atoms with Gasteiger partial charge in [0.1, 0.15) is 0 Å². The molecule has 0 saturated carbocycles. The molecule has 29 heavy (non-hydrogen) atoms. The van der Waals surface area contributed by atoms with Gasteiger partial charge in [0, 0.05) is 24.2 Å². The Morgan fingerprint density at radius 1 is 1.14 bits per heavy atom. The lowest BCUT2D eigenvalue weighted by molar-refractivity contribution is -0.00525. The second kappa shape index (κ2) is 7.96. The molecule has 0 bridgehead atoms. The standard InChI is InChI=1S/C20H23ClN6O2/c1-13-10-25(11-14(2)29-13)18-8-20(28)26(22-9-18)12-19-15(3)23-24-27(19)17-6-4-16(21)5-7-17/h4-9,13-14H,10-12H2,1-3H3/t13-,14+. The first-order chi connectivity index (χ1) is 13.9. The highest BCUT2D eigenvalue weighted by Crippen LogP contribution is 2.19. The number of rotatable bonds is 4. The summed E-state index contributed by atoms with van der Waals surface area (Å²) in [4.78, 5) is 14.9. The van der Waals surface area contributed by atoms with E-state index in [-0.39, 0.29) is 24.3 Å². The molecule has 152 valence electrons. The van der Waals surface area contributed by atoms with Crippen LogP contribution in [0.25, 0.3) is 5.69 Å². The fourth-order valence-corrected chi connectivity index (χ4v) is 3.72. The van der Waals surface area contributed by atoms with E-state index in [1.165, 1.54) is 4.68 Å². The molecule has 1 saturated heterocycles. The van der Waals surface area contributed by atoms with Crippen molar-refractivity contribution in [2.45, 2.75) is 39.5 Å². The molecule has 0 unspecified atom stereocenters. The number of hydrogen-bond acceptors (Lipinski definition) is 6. The van der Waals surface area contributed by atoms with Crippen molar-refractivity contribution in [1.82, 2.24) is 24.8 Å². The summed E-state index contributed by atoms with van der Waals surface area (Å²) in [5.41, 5.74) is 3.01. The Balaban J connectivity index is 1.60. The number of morpholine rings is 1. The Morgan fingerprint density at radius 3 is 2.48 bits per heavy atom. The minimum Gasteiger partial charge on any atom is -0.372 e. The van der Waals surface area contributed by atoms with Crippen LogP contribution in [0.4, 0.5) is 5.69 Å². The van der Waals surface area contributed by atoms with E-state index >= 15 is 0 Å². The topological polar surface area (TPSA) is 78.1 Å². The van der Waals surface area contributed by atoms with Crippen molar-refractivity contribution < 1.29 is 4.74 Å². The van der Waals surface area contributed by atoms with Crippen LogP contribution in [0.15, 0.2) is 41.3 Å². The SMILES string of the molecule is Cc1nnn(-c2ccc(Cl)cc2)c1Cn1ncc(N2C[C@@H](C)O[C@@H](C)C2)cc1=O. The number of aryl methyl sites for hydroxylation is 1. The van der Waals surface area contributed by atoms with Crippen LogP contribution in [0.3, 0.4) is 0 Å². The van der Waals surface area contributed by atoms with E-state index in [2.05, 4.69) is 20.3 Å². The number of benzene rings is 1. The van der Waals surface area contributed by atoms with Gasteiger partial charge in [0.05, 0.1) is 47.7 Å². The minimum atomic E-state index is -0.169. The Bertz CT molecular complexity index is 1050. The van der Waals surface area contributed by atoms with Crippen LogP contribution in [0.5, 0.6) is 0 Å². The smallest absolute Gasteiger partial charge is 0.269 e. The molecule has 0 radical (unpaired) electrons. The zero-order valence-corrected chi connectivity index (χ0v) is 17.4. The summed E-state index contributed by atoms with van der Waals surface area (Å²) in [5.74, 6) is 0. The van der Waals surface area contributed by atoms with Gasteiger partial charge >= 0.3 is 0 Å². The summed E-state index contributed by atoms with van der Waals surface area (Å²) in [6.45, 7) is 7.68. The molecule has 4 rings (SSSR count). The highest BCUT2D eigenvalue weighted by atomic mass is 35.5. The van der Waals surface area contributed by atoms with Gasteiger partial charge in [-0.1, -0.05) is 16.8 Å². The third kappa shape index (κ3) is 4.18. The first kappa shape index (κ1) is 19.6. The van der Waals surface area contributed by atoms with Crippen LogP contribution in [0, 0.1) is 6.92 Å². The fourth-order valence-electron chi connectivity index (χ4n) is 3.59. The number of ether oxygens (including phenoxy) is 1. The highest BCUT2D eigenvalue weighted by molar-refractivity contribution is 6.30. The largest absolute Gasteiger partial charge is 0.372 e. The maximum absolute atomic E-state index is 12.8. The maximum atomic E-state index is 12.8. The van der Waals surface area contributed by atoms with Crippen LogP contribution in [-0.4, -0.2) is 50.1 Å². The van der Waals surface area contributed by atoms with E-state index in [4.69, 9.17) is 16.3 Å². The van der Waals surface area contributed by atoms with Gasteiger partial charge in [0.25, 0.3) is 5.56 Å². The monoisotopic (exact) mass is 414 g/mol. The summed E-state index contributed by atoms with van der Waals surface area (Å²) in [6.07, 6.45) is 1.96. The zero-order chi connectivity index (χ0) is 20.5. The van der Waals surface area contributed by atoms with Gasteiger partial charge in [0.15, 0.2) is 0 Å². The lowest BCUT2D eigenvalue weighted by atomic mass is 10.2. The van der Waals surface area contributed by atoms with E-state index in [0.717, 1.165) is 35.9 Å². The summed E-state index contributed by atoms with van der Waals surface area (Å²) < 4.78 is 8.90. The summed E-state index contributed by atoms with van der Waals surface area (Å²) >= 11 is 5.98. The van der Waals surface area contributed by atoms with Crippen LogP contribution in [0.1, 0.15) is 25.2 Å². The van der Waals surface area contributed by atoms with Gasteiger partial charge in [-0.05, 0) is 45.0 Å². The Kier molecular flexibility index (Phi) is 5.38. The summed E-state index contributed by atoms with van der Waals surface area (Å²) in [6, 6.07) is 8.94. The number of hydrogen-bond donors (Lipinski definition) is 0. The highest BCUT2D eigenvalue weighted by Gasteiger charge is 2.23. The van der Waals surface area contributed by atoms with Crippen LogP contribution >= 0.6 is 11.6 Å². The molecule has 2 atom stereocenters. The molecule has 9 heteroatoms. The summed E-state index contributed by atoms with van der Waals surface area (Å²) in [7, 11) is 0. The predicted octanol–water partition coefficient (Wildman–Crippen LogP) is 2.45. The molecule has 0 aliphatic carbocycles. The molecule has 0 spiro atoms. The molecule has 2 aromatic heterocycles. The Labute approximate surface area is 173 Å². The van der Waals surface area contributed by atoms with Crippen LogP contribution in [-0.2, 0) is 11.3 Å². The fraction of sp³-hybridized carbons (Fsp3) is 0.400. The number of anilines is 1. The van der Waals surface area contributed by atoms with Crippen molar-refractivity contribution >= 4 is 17.3 Å². The Morgan fingerprint density at radius 2 is 1.83 bits per heavy atom. The molecular weight excluding hydrogens is 392 g/mol. The first-order valence-electron chi connectivity index (χ1n) is 9.55. The molecule has 1 fully saturated rings. The molecule has 0 N–H and O–H groups in total. The van der Waals surface area contributed by atoms with Gasteiger partial charge in [-0.3, -0.25) is 4.79 Å². The molecule has 1 aliphatic heterocycles. The number of halogens is 1. The van der Waals surface area contributed by atoms with Crippen molar-refractivity contribution in [3.05, 3.63) is 63.3 Å². The van der Waals surface area contributed by atoms with Crippen molar-refractivity contribution in [3.8, 4) is 5.69 Å². The average Bonchev–Trinajstić information content (AvgIpc) is 3.04. The Hall–Kier alpha value is -2.71. The molecular formula is C20H23ClN6O2. The summed E-state index contributed by atoms with van der Waals surface area (Å²) in [5, 5.41) is 13.4. The molecule has 3 heterocycles. The molecule has 0 amide bonds. The van der Waals surface area contributed by atoms with Gasteiger partial charge in [-0.15, -0.1) is 5.10 Å². The predicted molar refractivity (Wildman–Crippen MR) is 111 cm³/mol. The quantitative estimate of drug-likeness (QED) is 0.652. The van der Waals surface area contributed by atoms with E-state index in [1.54, 1.807) is 29.1 Å². The third-order valence-electron chi connectivity index (χ3n) is 4.97. The van der Waals surface area contributed by atoms with Gasteiger partial charge in [-0.2, -0.15) is 5.10 Å². The molecule has 8 nitrogen and oxygen atoms in total. The van der Waals surface area contributed by atoms with Gasteiger partial charge < -0.3 is 9.64 Å². The molecule has 1 aromatic carbocycles. The number of nitrogens with zero attached hydrogens (tertiary/aromatic N) is 6. The average molecular weight is 415 g/mol. The lowest BCUT2D eigenvalue weighted by Gasteiger charge is -2.36. The second-order valence-corrected chi connectivity index (χ2v) is 7.82. The van der Waals surface area contributed by atoms with Crippen LogP contribution in [0.2, 0.25) is 5.02 Å². The van der Waals surface area contributed by atoms with E-state index in [1.807, 2.05) is 32.9 Å². The van der Waals surface area contributed by atoms with Crippen molar-refractivity contribution in [1.29, 1.82) is 0 Å². The number of aromatic nitrogens is 5. The van der Waals surface area contributed by atoms with Crippen molar-refractivity contribution in [2.24, 2.45) is 0 Å². The normalized spacial score (nSPS) is 19.5. The lowest BCUT2D eigenvalue weighted by Crippen LogP contribution is -2.46. The van der Waals surface area contributed by atoms with Crippen LogP contribution < -0.4 is 10.5 Å². The molecule has 3 aromatic rings. The maximum Gasteiger partial charge on any atom is 0.269 e. The van der Waals surface area contributed by atoms with Gasteiger partial charge in [0.2, 0.25) is 0 Å².